The van der Waals surface area contributed by atoms with Gasteiger partial charge in [-0.05, 0) is 13.3 Å². The molecule has 6 nitrogen and oxygen atoms in total. The van der Waals surface area contributed by atoms with Gasteiger partial charge in [-0.2, -0.15) is 10.2 Å². The molecular formula is C13H19N5O. The Morgan fingerprint density at radius 1 is 1.47 bits per heavy atom. The average Bonchev–Trinajstić information content (AvgIpc) is 2.94. The van der Waals surface area contributed by atoms with Gasteiger partial charge in [0.2, 0.25) is 5.91 Å². The number of nitrogens with zero attached hydrogens (tertiary/aromatic N) is 4. The van der Waals surface area contributed by atoms with Gasteiger partial charge in [0.15, 0.2) is 5.82 Å². The molecule has 1 atom stereocenters. The van der Waals surface area contributed by atoms with Crippen LogP contribution in [0.5, 0.6) is 0 Å². The van der Waals surface area contributed by atoms with Crippen molar-refractivity contribution in [3.63, 3.8) is 0 Å². The lowest BCUT2D eigenvalue weighted by atomic mass is 10.0. The number of aryl methyl sites for hydroxylation is 3. The van der Waals surface area contributed by atoms with Crippen molar-refractivity contribution in [2.75, 3.05) is 5.32 Å². The number of hydrogen-bond donors (Lipinski definition) is 1. The normalized spacial score (nSPS) is 12.4. The number of hydrogen-bond acceptors (Lipinski definition) is 3. The highest BCUT2D eigenvalue weighted by atomic mass is 16.1. The van der Waals surface area contributed by atoms with E-state index in [9.17, 15) is 4.79 Å². The van der Waals surface area contributed by atoms with Crippen LogP contribution in [0.2, 0.25) is 0 Å². The van der Waals surface area contributed by atoms with Crippen LogP contribution in [-0.4, -0.2) is 25.5 Å². The van der Waals surface area contributed by atoms with E-state index >= 15 is 0 Å². The molecule has 0 saturated heterocycles. The van der Waals surface area contributed by atoms with Crippen LogP contribution in [0, 0.1) is 0 Å². The van der Waals surface area contributed by atoms with E-state index < -0.39 is 0 Å². The maximum atomic E-state index is 12.1. The second-order valence-electron chi connectivity index (χ2n) is 4.66. The minimum absolute atomic E-state index is 0.0752. The number of amides is 1. The average molecular weight is 261 g/mol. The molecule has 0 aliphatic rings. The first kappa shape index (κ1) is 13.3. The summed E-state index contributed by atoms with van der Waals surface area (Å²) in [6.45, 7) is 3.91. The fourth-order valence-corrected chi connectivity index (χ4v) is 1.95. The molecule has 0 fully saturated rings. The molecule has 19 heavy (non-hydrogen) atoms. The molecule has 0 radical (unpaired) electrons. The van der Waals surface area contributed by atoms with Crippen molar-refractivity contribution in [2.24, 2.45) is 14.1 Å². The number of anilines is 1. The smallest absolute Gasteiger partial charge is 0.232 e. The molecule has 0 bridgehead atoms. The van der Waals surface area contributed by atoms with E-state index in [0.29, 0.717) is 5.82 Å². The van der Waals surface area contributed by atoms with Gasteiger partial charge in [0.25, 0.3) is 0 Å². The van der Waals surface area contributed by atoms with E-state index in [1.54, 1.807) is 15.6 Å². The van der Waals surface area contributed by atoms with Crippen molar-refractivity contribution in [1.29, 1.82) is 0 Å². The summed E-state index contributed by atoms with van der Waals surface area (Å²) < 4.78 is 3.47. The fourth-order valence-electron chi connectivity index (χ4n) is 1.95. The predicted octanol–water partition coefficient (Wildman–Crippen LogP) is 1.46. The van der Waals surface area contributed by atoms with E-state index in [1.807, 2.05) is 33.3 Å². The molecular weight excluding hydrogens is 242 g/mol. The number of aromatic nitrogens is 4. The standard InChI is InChI=1S/C13H19N5O/c1-5-11-6-12(16-18(11)4)15-13(19)9(2)10-7-14-17(3)8-10/h6-9H,5H2,1-4H3,(H,15,16,19). The first-order valence-electron chi connectivity index (χ1n) is 6.33. The first-order chi connectivity index (χ1) is 9.01. The molecule has 2 aromatic heterocycles. The van der Waals surface area contributed by atoms with Crippen LogP contribution in [0.3, 0.4) is 0 Å². The lowest BCUT2D eigenvalue weighted by Crippen LogP contribution is -2.19. The zero-order chi connectivity index (χ0) is 14.0. The first-order valence-corrected chi connectivity index (χ1v) is 6.33. The molecule has 102 valence electrons. The van der Waals surface area contributed by atoms with Crippen molar-refractivity contribution >= 4 is 11.7 Å². The lowest BCUT2D eigenvalue weighted by molar-refractivity contribution is -0.117. The Kier molecular flexibility index (Phi) is 3.69. The Morgan fingerprint density at radius 3 is 2.74 bits per heavy atom. The van der Waals surface area contributed by atoms with Gasteiger partial charge in [-0.3, -0.25) is 14.2 Å². The van der Waals surface area contributed by atoms with Crippen molar-refractivity contribution < 1.29 is 4.79 Å². The molecule has 2 aromatic rings. The van der Waals surface area contributed by atoms with Gasteiger partial charge in [0.05, 0.1) is 12.1 Å². The number of carbonyl (C=O) groups excluding carboxylic acids is 1. The van der Waals surface area contributed by atoms with Crippen LogP contribution in [0.1, 0.15) is 31.0 Å². The van der Waals surface area contributed by atoms with Crippen LogP contribution in [-0.2, 0) is 25.3 Å². The highest BCUT2D eigenvalue weighted by molar-refractivity contribution is 5.94. The summed E-state index contributed by atoms with van der Waals surface area (Å²) in [6, 6.07) is 1.90. The van der Waals surface area contributed by atoms with Gasteiger partial charge >= 0.3 is 0 Å². The van der Waals surface area contributed by atoms with E-state index in [4.69, 9.17) is 0 Å². The summed E-state index contributed by atoms with van der Waals surface area (Å²) in [5, 5.41) is 11.2. The van der Waals surface area contributed by atoms with Crippen LogP contribution < -0.4 is 5.32 Å². The highest BCUT2D eigenvalue weighted by Gasteiger charge is 2.18. The lowest BCUT2D eigenvalue weighted by Gasteiger charge is -2.08. The van der Waals surface area contributed by atoms with Crippen molar-refractivity contribution in [2.45, 2.75) is 26.2 Å². The largest absolute Gasteiger partial charge is 0.309 e. The van der Waals surface area contributed by atoms with E-state index in [1.165, 1.54) is 0 Å². The third-order valence-corrected chi connectivity index (χ3v) is 3.21. The maximum absolute atomic E-state index is 12.1. The van der Waals surface area contributed by atoms with Crippen LogP contribution in [0.25, 0.3) is 0 Å². The molecule has 2 rings (SSSR count). The quantitative estimate of drug-likeness (QED) is 0.906. The van der Waals surface area contributed by atoms with Gasteiger partial charge in [0.1, 0.15) is 0 Å². The van der Waals surface area contributed by atoms with Gasteiger partial charge in [-0.15, -0.1) is 0 Å². The predicted molar refractivity (Wildman–Crippen MR) is 72.8 cm³/mol. The summed E-state index contributed by atoms with van der Waals surface area (Å²) in [5.41, 5.74) is 1.98. The van der Waals surface area contributed by atoms with E-state index in [2.05, 4.69) is 22.4 Å². The number of carbonyl (C=O) groups is 1. The Balaban J connectivity index is 2.08. The SMILES string of the molecule is CCc1cc(NC(=O)C(C)c2cnn(C)c2)nn1C. The van der Waals surface area contributed by atoms with Crippen molar-refractivity contribution in [3.8, 4) is 0 Å². The Hall–Kier alpha value is -2.11. The van der Waals surface area contributed by atoms with Crippen molar-refractivity contribution in [1.82, 2.24) is 19.6 Å². The summed E-state index contributed by atoms with van der Waals surface area (Å²) in [5.74, 6) is 0.273. The monoisotopic (exact) mass is 261 g/mol. The van der Waals surface area contributed by atoms with Crippen LogP contribution in [0.4, 0.5) is 5.82 Å². The Morgan fingerprint density at radius 2 is 2.21 bits per heavy atom. The fraction of sp³-hybridized carbons (Fsp3) is 0.462. The van der Waals surface area contributed by atoms with E-state index in [-0.39, 0.29) is 11.8 Å². The molecule has 0 aromatic carbocycles. The zero-order valence-electron chi connectivity index (χ0n) is 11.7. The minimum atomic E-state index is -0.249. The molecule has 2 heterocycles. The molecule has 6 heteroatoms. The summed E-state index contributed by atoms with van der Waals surface area (Å²) in [6.07, 6.45) is 4.44. The molecule has 1 amide bonds. The second-order valence-corrected chi connectivity index (χ2v) is 4.66. The van der Waals surface area contributed by atoms with Crippen LogP contribution in [0.15, 0.2) is 18.5 Å². The highest BCUT2D eigenvalue weighted by Crippen LogP contribution is 2.17. The second kappa shape index (κ2) is 5.26. The summed E-state index contributed by atoms with van der Waals surface area (Å²) >= 11 is 0. The third kappa shape index (κ3) is 2.83. The van der Waals surface area contributed by atoms with Gasteiger partial charge in [0, 0.05) is 37.6 Å². The molecule has 0 saturated carbocycles. The number of rotatable bonds is 4. The van der Waals surface area contributed by atoms with Gasteiger partial charge in [-0.1, -0.05) is 6.92 Å². The molecule has 1 unspecified atom stereocenters. The Labute approximate surface area is 112 Å². The molecule has 1 N–H and O–H groups in total. The molecule has 0 aliphatic carbocycles. The van der Waals surface area contributed by atoms with E-state index in [0.717, 1.165) is 17.7 Å². The van der Waals surface area contributed by atoms with Crippen LogP contribution >= 0.6 is 0 Å². The topological polar surface area (TPSA) is 64.7 Å². The summed E-state index contributed by atoms with van der Waals surface area (Å²) in [7, 11) is 3.71. The number of nitrogens with one attached hydrogen (secondary N) is 1. The van der Waals surface area contributed by atoms with Gasteiger partial charge < -0.3 is 5.32 Å². The zero-order valence-corrected chi connectivity index (χ0v) is 11.7. The summed E-state index contributed by atoms with van der Waals surface area (Å²) in [4.78, 5) is 12.1. The molecule has 0 spiro atoms. The maximum Gasteiger partial charge on any atom is 0.232 e. The molecule has 0 aliphatic heterocycles. The minimum Gasteiger partial charge on any atom is -0.309 e. The van der Waals surface area contributed by atoms with Crippen molar-refractivity contribution in [3.05, 3.63) is 29.7 Å². The third-order valence-electron chi connectivity index (χ3n) is 3.21. The van der Waals surface area contributed by atoms with Gasteiger partial charge in [-0.25, -0.2) is 0 Å². The Bertz CT molecular complexity index is 584.